The van der Waals surface area contributed by atoms with E-state index in [9.17, 15) is 5.21 Å². The minimum absolute atomic E-state index is 0.285. The van der Waals surface area contributed by atoms with Gasteiger partial charge in [-0.3, -0.25) is 0 Å². The van der Waals surface area contributed by atoms with E-state index >= 15 is 0 Å². The molecule has 0 aromatic rings. The standard InChI is InChI=1S/C14H31NO2Si/c1-14(2,3)18(5,6)17-13-9-7-8-12(10-13)11-15(4)16/h12-13,16H,7-11H2,1-6H3/t12-,13-/m1/s1. The molecular weight excluding hydrogens is 242 g/mol. The molecule has 1 rings (SSSR count). The van der Waals surface area contributed by atoms with Crippen LogP contribution in [-0.2, 0) is 4.43 Å². The van der Waals surface area contributed by atoms with E-state index in [4.69, 9.17) is 4.43 Å². The predicted octanol–water partition coefficient (Wildman–Crippen LogP) is 3.89. The predicted molar refractivity (Wildman–Crippen MR) is 78.4 cm³/mol. The summed E-state index contributed by atoms with van der Waals surface area (Å²) < 4.78 is 6.49. The second-order valence-electron chi connectivity index (χ2n) is 7.37. The third kappa shape index (κ3) is 4.65. The van der Waals surface area contributed by atoms with E-state index in [1.165, 1.54) is 24.3 Å². The van der Waals surface area contributed by atoms with Crippen LogP contribution in [0.3, 0.4) is 0 Å². The van der Waals surface area contributed by atoms with E-state index < -0.39 is 8.32 Å². The number of hydroxylamine groups is 2. The maximum absolute atomic E-state index is 9.35. The minimum atomic E-state index is -1.64. The molecule has 2 atom stereocenters. The van der Waals surface area contributed by atoms with Crippen LogP contribution >= 0.6 is 0 Å². The summed E-state index contributed by atoms with van der Waals surface area (Å²) in [7, 11) is 0.0965. The number of hydrogen-bond donors (Lipinski definition) is 1. The van der Waals surface area contributed by atoms with Gasteiger partial charge in [0.05, 0.1) is 0 Å². The lowest BCUT2D eigenvalue weighted by Gasteiger charge is -2.41. The normalized spacial score (nSPS) is 26.7. The van der Waals surface area contributed by atoms with Crippen molar-refractivity contribution in [3.05, 3.63) is 0 Å². The summed E-state index contributed by atoms with van der Waals surface area (Å²) in [5.74, 6) is 0.587. The van der Waals surface area contributed by atoms with Crippen LogP contribution in [0.15, 0.2) is 0 Å². The molecule has 1 fully saturated rings. The zero-order valence-corrected chi connectivity index (χ0v) is 14.0. The molecule has 0 bridgehead atoms. The summed E-state index contributed by atoms with van der Waals surface area (Å²) in [4.78, 5) is 0. The molecule has 1 saturated carbocycles. The highest BCUT2D eigenvalue weighted by atomic mass is 28.4. The summed E-state index contributed by atoms with van der Waals surface area (Å²) in [5.41, 5.74) is 0. The molecule has 0 aliphatic heterocycles. The van der Waals surface area contributed by atoms with E-state index in [0.29, 0.717) is 12.0 Å². The van der Waals surface area contributed by atoms with Gasteiger partial charge >= 0.3 is 0 Å². The Morgan fingerprint density at radius 2 is 1.89 bits per heavy atom. The van der Waals surface area contributed by atoms with Gasteiger partial charge in [-0.05, 0) is 43.3 Å². The van der Waals surface area contributed by atoms with Crippen LogP contribution in [-0.4, -0.2) is 38.3 Å². The first kappa shape index (κ1) is 16.2. The maximum Gasteiger partial charge on any atom is 0.192 e. The Morgan fingerprint density at radius 3 is 2.39 bits per heavy atom. The first-order valence-electron chi connectivity index (χ1n) is 7.19. The zero-order valence-electron chi connectivity index (χ0n) is 13.0. The summed E-state index contributed by atoms with van der Waals surface area (Å²) >= 11 is 0. The molecule has 0 spiro atoms. The van der Waals surface area contributed by atoms with E-state index in [2.05, 4.69) is 33.9 Å². The Balaban J connectivity index is 2.52. The Labute approximate surface area is 114 Å². The van der Waals surface area contributed by atoms with Gasteiger partial charge < -0.3 is 9.63 Å². The molecule has 0 aromatic carbocycles. The molecule has 0 radical (unpaired) electrons. The van der Waals surface area contributed by atoms with Crippen LogP contribution in [0.25, 0.3) is 0 Å². The minimum Gasteiger partial charge on any atom is -0.414 e. The van der Waals surface area contributed by atoms with Gasteiger partial charge in [-0.1, -0.05) is 27.2 Å². The average molecular weight is 273 g/mol. The molecule has 1 aliphatic rings. The molecule has 108 valence electrons. The highest BCUT2D eigenvalue weighted by Crippen LogP contribution is 2.39. The fraction of sp³-hybridized carbons (Fsp3) is 1.00. The lowest BCUT2D eigenvalue weighted by molar-refractivity contribution is -0.0831. The summed E-state index contributed by atoms with van der Waals surface area (Å²) in [5, 5.41) is 11.0. The first-order chi connectivity index (χ1) is 8.12. The van der Waals surface area contributed by atoms with Crippen molar-refractivity contribution in [2.24, 2.45) is 5.92 Å². The van der Waals surface area contributed by atoms with Crippen molar-refractivity contribution in [1.29, 1.82) is 0 Å². The van der Waals surface area contributed by atoms with Gasteiger partial charge in [0.25, 0.3) is 0 Å². The zero-order chi connectivity index (χ0) is 14.0. The van der Waals surface area contributed by atoms with Crippen molar-refractivity contribution >= 4 is 8.32 Å². The molecule has 4 heteroatoms. The van der Waals surface area contributed by atoms with Crippen LogP contribution in [0.5, 0.6) is 0 Å². The number of nitrogens with zero attached hydrogens (tertiary/aromatic N) is 1. The van der Waals surface area contributed by atoms with Crippen molar-refractivity contribution in [3.63, 3.8) is 0 Å². The van der Waals surface area contributed by atoms with E-state index in [1.807, 2.05) is 0 Å². The molecule has 0 aromatic heterocycles. The first-order valence-corrected chi connectivity index (χ1v) is 10.1. The molecule has 1 aliphatic carbocycles. The van der Waals surface area contributed by atoms with Crippen molar-refractivity contribution in [1.82, 2.24) is 5.06 Å². The van der Waals surface area contributed by atoms with Crippen LogP contribution in [0.4, 0.5) is 0 Å². The van der Waals surface area contributed by atoms with E-state index in [0.717, 1.165) is 13.0 Å². The van der Waals surface area contributed by atoms with E-state index in [-0.39, 0.29) is 5.04 Å². The lowest BCUT2D eigenvalue weighted by atomic mass is 9.87. The molecule has 0 heterocycles. The Kier molecular flexibility index (Phi) is 5.41. The average Bonchev–Trinajstić information content (AvgIpc) is 2.14. The quantitative estimate of drug-likeness (QED) is 0.623. The topological polar surface area (TPSA) is 32.7 Å². The van der Waals surface area contributed by atoms with Gasteiger partial charge in [-0.25, -0.2) is 0 Å². The highest BCUT2D eigenvalue weighted by molar-refractivity contribution is 6.74. The molecule has 0 saturated heterocycles. The van der Waals surface area contributed by atoms with Crippen LogP contribution in [0.1, 0.15) is 46.5 Å². The van der Waals surface area contributed by atoms with Crippen LogP contribution in [0.2, 0.25) is 18.1 Å². The Morgan fingerprint density at radius 1 is 1.28 bits per heavy atom. The van der Waals surface area contributed by atoms with Gasteiger partial charge in [0.2, 0.25) is 0 Å². The lowest BCUT2D eigenvalue weighted by Crippen LogP contribution is -2.45. The summed E-state index contributed by atoms with van der Waals surface area (Å²) in [6.45, 7) is 12.3. The van der Waals surface area contributed by atoms with Gasteiger partial charge in [0.1, 0.15) is 0 Å². The Bertz CT molecular complexity index is 261. The third-order valence-electron chi connectivity index (χ3n) is 4.52. The highest BCUT2D eigenvalue weighted by Gasteiger charge is 2.40. The second-order valence-corrected chi connectivity index (χ2v) is 12.1. The fourth-order valence-electron chi connectivity index (χ4n) is 2.48. The third-order valence-corrected chi connectivity index (χ3v) is 9.06. The van der Waals surface area contributed by atoms with Crippen molar-refractivity contribution < 1.29 is 9.63 Å². The molecule has 3 nitrogen and oxygen atoms in total. The fourth-order valence-corrected chi connectivity index (χ4v) is 3.88. The number of rotatable bonds is 4. The Hall–Kier alpha value is 0.0969. The smallest absolute Gasteiger partial charge is 0.192 e. The summed E-state index contributed by atoms with van der Waals surface area (Å²) in [6.07, 6.45) is 5.17. The van der Waals surface area contributed by atoms with Gasteiger partial charge in [-0.2, -0.15) is 5.06 Å². The molecule has 0 amide bonds. The van der Waals surface area contributed by atoms with Gasteiger partial charge in [-0.15, -0.1) is 0 Å². The number of hydrogen-bond acceptors (Lipinski definition) is 3. The van der Waals surface area contributed by atoms with Crippen molar-refractivity contribution in [2.45, 2.75) is 70.7 Å². The summed E-state index contributed by atoms with van der Waals surface area (Å²) in [6, 6.07) is 0. The van der Waals surface area contributed by atoms with Gasteiger partial charge in [0, 0.05) is 19.7 Å². The monoisotopic (exact) mass is 273 g/mol. The SMILES string of the molecule is CN(O)C[C@@H]1CCC[C@@H](O[Si](C)(C)C(C)(C)C)C1. The van der Waals surface area contributed by atoms with Gasteiger partial charge in [0.15, 0.2) is 8.32 Å². The molecule has 18 heavy (non-hydrogen) atoms. The largest absolute Gasteiger partial charge is 0.414 e. The van der Waals surface area contributed by atoms with Crippen LogP contribution < -0.4 is 0 Å². The van der Waals surface area contributed by atoms with Crippen molar-refractivity contribution in [3.8, 4) is 0 Å². The molecule has 1 N–H and O–H groups in total. The second kappa shape index (κ2) is 6.03. The van der Waals surface area contributed by atoms with E-state index in [1.54, 1.807) is 7.05 Å². The molecule has 0 unspecified atom stereocenters. The van der Waals surface area contributed by atoms with Crippen molar-refractivity contribution in [2.75, 3.05) is 13.6 Å². The molecular formula is C14H31NO2Si. The van der Waals surface area contributed by atoms with Crippen LogP contribution in [0, 0.1) is 5.92 Å². The maximum atomic E-state index is 9.35.